The van der Waals surface area contributed by atoms with E-state index >= 15 is 0 Å². The van der Waals surface area contributed by atoms with Crippen molar-refractivity contribution in [2.45, 2.75) is 26.6 Å². The number of carbonyl (C=O) groups is 2. The summed E-state index contributed by atoms with van der Waals surface area (Å²) >= 11 is 1.31. The molecule has 1 aromatic heterocycles. The summed E-state index contributed by atoms with van der Waals surface area (Å²) in [6, 6.07) is 13.3. The SMILES string of the molecule is Cc1ccccc1NC(=O)Cc1nc(COC(=O)C=Cc2ccc(OC(F)F)cc2)cs1. The average molecular weight is 458 g/mol. The van der Waals surface area contributed by atoms with Crippen molar-refractivity contribution in [3.05, 3.63) is 81.8 Å². The van der Waals surface area contributed by atoms with E-state index in [2.05, 4.69) is 15.0 Å². The summed E-state index contributed by atoms with van der Waals surface area (Å²) in [5.74, 6) is -0.721. The van der Waals surface area contributed by atoms with Gasteiger partial charge < -0.3 is 14.8 Å². The number of thiazole rings is 1. The Labute approximate surface area is 187 Å². The number of anilines is 1. The van der Waals surface area contributed by atoms with Gasteiger partial charge in [-0.25, -0.2) is 9.78 Å². The maximum Gasteiger partial charge on any atom is 0.387 e. The number of rotatable bonds is 9. The van der Waals surface area contributed by atoms with Gasteiger partial charge in [-0.2, -0.15) is 8.78 Å². The van der Waals surface area contributed by atoms with E-state index in [0.717, 1.165) is 11.3 Å². The van der Waals surface area contributed by atoms with Gasteiger partial charge in [0.1, 0.15) is 17.4 Å². The summed E-state index contributed by atoms with van der Waals surface area (Å²) in [6.07, 6.45) is 2.85. The second kappa shape index (κ2) is 11.1. The van der Waals surface area contributed by atoms with E-state index in [1.54, 1.807) is 5.38 Å². The number of esters is 1. The van der Waals surface area contributed by atoms with Crippen molar-refractivity contribution in [3.63, 3.8) is 0 Å². The molecule has 0 aliphatic heterocycles. The molecule has 0 radical (unpaired) electrons. The summed E-state index contributed by atoms with van der Waals surface area (Å²) in [6.45, 7) is -1.00. The van der Waals surface area contributed by atoms with Crippen molar-refractivity contribution in [1.82, 2.24) is 4.98 Å². The van der Waals surface area contributed by atoms with E-state index in [4.69, 9.17) is 4.74 Å². The number of benzene rings is 2. The zero-order valence-corrected chi connectivity index (χ0v) is 17.9. The van der Waals surface area contributed by atoms with Gasteiger partial charge in [-0.05, 0) is 42.3 Å². The lowest BCUT2D eigenvalue weighted by atomic mass is 10.2. The Balaban J connectivity index is 1.45. The molecule has 0 unspecified atom stereocenters. The second-order valence-electron chi connectivity index (χ2n) is 6.66. The van der Waals surface area contributed by atoms with Crippen LogP contribution in [0.4, 0.5) is 14.5 Å². The predicted molar refractivity (Wildman–Crippen MR) is 118 cm³/mol. The van der Waals surface area contributed by atoms with Crippen LogP contribution >= 0.6 is 11.3 Å². The average Bonchev–Trinajstić information content (AvgIpc) is 3.20. The zero-order chi connectivity index (χ0) is 22.9. The van der Waals surface area contributed by atoms with Crippen LogP contribution in [-0.2, 0) is 27.4 Å². The molecule has 0 spiro atoms. The molecule has 1 N–H and O–H groups in total. The molecule has 1 heterocycles. The summed E-state index contributed by atoms with van der Waals surface area (Å²) in [4.78, 5) is 28.4. The van der Waals surface area contributed by atoms with Gasteiger partial charge in [-0.3, -0.25) is 4.79 Å². The third-order valence-corrected chi connectivity index (χ3v) is 5.11. The standard InChI is InChI=1S/C23H20F2N2O4S/c1-15-4-2-3-5-19(15)27-20(28)12-21-26-17(14-32-21)13-30-22(29)11-8-16-6-9-18(10-7-16)31-23(24)25/h2-11,14,23H,12-13H2,1H3,(H,27,28). The van der Waals surface area contributed by atoms with E-state index in [9.17, 15) is 18.4 Å². The maximum absolute atomic E-state index is 12.2. The number of halogens is 2. The molecule has 0 atom stereocenters. The van der Waals surface area contributed by atoms with Gasteiger partial charge >= 0.3 is 12.6 Å². The summed E-state index contributed by atoms with van der Waals surface area (Å²) in [5.41, 5.74) is 2.90. The number of nitrogens with zero attached hydrogens (tertiary/aromatic N) is 1. The molecule has 3 rings (SSSR count). The van der Waals surface area contributed by atoms with Crippen molar-refractivity contribution < 1.29 is 27.8 Å². The summed E-state index contributed by atoms with van der Waals surface area (Å²) in [5, 5.41) is 5.20. The predicted octanol–water partition coefficient (Wildman–Crippen LogP) is 4.99. The second-order valence-corrected chi connectivity index (χ2v) is 7.60. The van der Waals surface area contributed by atoms with Gasteiger partial charge in [0, 0.05) is 17.1 Å². The van der Waals surface area contributed by atoms with E-state index in [-0.39, 0.29) is 24.7 Å². The van der Waals surface area contributed by atoms with Gasteiger partial charge in [0.05, 0.1) is 12.1 Å². The molecule has 0 bridgehead atoms. The van der Waals surface area contributed by atoms with Crippen LogP contribution in [-0.4, -0.2) is 23.5 Å². The number of hydrogen-bond donors (Lipinski definition) is 1. The van der Waals surface area contributed by atoms with Gasteiger partial charge in [0.15, 0.2) is 0 Å². The van der Waals surface area contributed by atoms with Crippen LogP contribution in [0.25, 0.3) is 6.08 Å². The lowest BCUT2D eigenvalue weighted by molar-refractivity contribution is -0.139. The van der Waals surface area contributed by atoms with Gasteiger partial charge in [-0.1, -0.05) is 30.3 Å². The van der Waals surface area contributed by atoms with Crippen molar-refractivity contribution in [2.75, 3.05) is 5.32 Å². The number of aryl methyl sites for hydroxylation is 1. The number of para-hydroxylation sites is 1. The minimum Gasteiger partial charge on any atom is -0.456 e. The van der Waals surface area contributed by atoms with Crippen LogP contribution in [0, 0.1) is 6.92 Å². The van der Waals surface area contributed by atoms with E-state index in [1.165, 1.54) is 47.8 Å². The number of aromatic nitrogens is 1. The first-order valence-corrected chi connectivity index (χ1v) is 10.5. The van der Waals surface area contributed by atoms with Crippen LogP contribution in [0.1, 0.15) is 21.8 Å². The Morgan fingerprint density at radius 1 is 1.16 bits per heavy atom. The van der Waals surface area contributed by atoms with Crippen LogP contribution < -0.4 is 10.1 Å². The number of carbonyl (C=O) groups excluding carboxylic acids is 2. The Hall–Kier alpha value is -3.59. The van der Waals surface area contributed by atoms with Crippen molar-refractivity contribution in [2.24, 2.45) is 0 Å². The molecule has 6 nitrogen and oxygen atoms in total. The van der Waals surface area contributed by atoms with Crippen LogP contribution in [0.15, 0.2) is 60.0 Å². The molecule has 32 heavy (non-hydrogen) atoms. The third-order valence-electron chi connectivity index (χ3n) is 4.21. The van der Waals surface area contributed by atoms with Gasteiger partial charge in [0.25, 0.3) is 0 Å². The number of amides is 1. The molecule has 9 heteroatoms. The monoisotopic (exact) mass is 458 g/mol. The summed E-state index contributed by atoms with van der Waals surface area (Å²) in [7, 11) is 0. The van der Waals surface area contributed by atoms with E-state index in [1.807, 2.05) is 31.2 Å². The third kappa shape index (κ3) is 7.28. The largest absolute Gasteiger partial charge is 0.456 e. The topological polar surface area (TPSA) is 77.5 Å². The highest BCUT2D eigenvalue weighted by molar-refractivity contribution is 7.09. The molecule has 3 aromatic rings. The lowest BCUT2D eigenvalue weighted by Gasteiger charge is -2.06. The highest BCUT2D eigenvalue weighted by atomic mass is 32.1. The van der Waals surface area contributed by atoms with E-state index < -0.39 is 12.6 Å². The molecule has 2 aromatic carbocycles. The Kier molecular flexibility index (Phi) is 8.04. The zero-order valence-electron chi connectivity index (χ0n) is 17.1. The first-order chi connectivity index (χ1) is 15.4. The molecular formula is C23H20F2N2O4S. The minimum atomic E-state index is -2.89. The molecule has 0 saturated heterocycles. The Bertz CT molecular complexity index is 1100. The first kappa shape index (κ1) is 23.1. The molecule has 1 amide bonds. The highest BCUT2D eigenvalue weighted by Crippen LogP contribution is 2.17. The fourth-order valence-electron chi connectivity index (χ4n) is 2.66. The molecular weight excluding hydrogens is 438 g/mol. The van der Waals surface area contributed by atoms with Crippen molar-refractivity contribution in [3.8, 4) is 5.75 Å². The number of hydrogen-bond acceptors (Lipinski definition) is 6. The molecule has 0 saturated carbocycles. The Morgan fingerprint density at radius 3 is 2.62 bits per heavy atom. The smallest absolute Gasteiger partial charge is 0.387 e. The van der Waals surface area contributed by atoms with Crippen LogP contribution in [0.5, 0.6) is 5.75 Å². The maximum atomic E-state index is 12.2. The molecule has 0 aliphatic rings. The fraction of sp³-hybridized carbons (Fsp3) is 0.174. The van der Waals surface area contributed by atoms with Crippen LogP contribution in [0.3, 0.4) is 0 Å². The quantitative estimate of drug-likeness (QED) is 0.361. The Morgan fingerprint density at radius 2 is 1.91 bits per heavy atom. The summed E-state index contributed by atoms with van der Waals surface area (Å²) < 4.78 is 33.7. The minimum absolute atomic E-state index is 0.0275. The molecule has 0 aliphatic carbocycles. The number of alkyl halides is 2. The molecule has 166 valence electrons. The number of nitrogens with one attached hydrogen (secondary N) is 1. The van der Waals surface area contributed by atoms with E-state index in [0.29, 0.717) is 16.3 Å². The molecule has 0 fully saturated rings. The van der Waals surface area contributed by atoms with Crippen molar-refractivity contribution in [1.29, 1.82) is 0 Å². The normalized spacial score (nSPS) is 11.0. The van der Waals surface area contributed by atoms with Crippen LogP contribution in [0.2, 0.25) is 0 Å². The number of ether oxygens (including phenoxy) is 2. The van der Waals surface area contributed by atoms with Crippen molar-refractivity contribution >= 4 is 35.0 Å². The fourth-order valence-corrected chi connectivity index (χ4v) is 3.44. The lowest BCUT2D eigenvalue weighted by Crippen LogP contribution is -2.15. The first-order valence-electron chi connectivity index (χ1n) is 9.57. The van der Waals surface area contributed by atoms with Gasteiger partial charge in [0.2, 0.25) is 5.91 Å². The highest BCUT2D eigenvalue weighted by Gasteiger charge is 2.10. The van der Waals surface area contributed by atoms with Gasteiger partial charge in [-0.15, -0.1) is 11.3 Å².